The normalized spacial score (nSPS) is 13.9. The van der Waals surface area contributed by atoms with Gasteiger partial charge in [0.2, 0.25) is 0 Å². The Morgan fingerprint density at radius 1 is 1.24 bits per heavy atom. The third-order valence-electron chi connectivity index (χ3n) is 2.80. The Morgan fingerprint density at radius 2 is 1.76 bits per heavy atom. The molecule has 1 rings (SSSR count). The van der Waals surface area contributed by atoms with Crippen LogP contribution in [0.2, 0.25) is 0 Å². The lowest BCUT2D eigenvalue weighted by atomic mass is 9.92. The molecule has 0 heterocycles. The average Bonchev–Trinajstić information content (AvgIpc) is 2.27. The molecule has 2 heteroatoms. The summed E-state index contributed by atoms with van der Waals surface area (Å²) in [5.41, 5.74) is 3.06. The molecule has 0 saturated heterocycles. The van der Waals surface area contributed by atoms with E-state index < -0.39 is 6.10 Å². The highest BCUT2D eigenvalue weighted by atomic mass is 16.3. The zero-order valence-electron chi connectivity index (χ0n) is 10.9. The first-order valence-corrected chi connectivity index (χ1v) is 5.85. The summed E-state index contributed by atoms with van der Waals surface area (Å²) in [6.45, 7) is 7.58. The van der Waals surface area contributed by atoms with Crippen molar-refractivity contribution in [2.45, 2.75) is 39.7 Å². The van der Waals surface area contributed by atoms with Crippen LogP contribution in [0.3, 0.4) is 0 Å². The number of hydrogen-bond donors (Lipinski definition) is 1. The predicted octanol–water partition coefficient (Wildman–Crippen LogP) is 2.99. The Balaban J connectivity index is 2.82. The van der Waals surface area contributed by atoms with E-state index in [1.807, 2.05) is 52.0 Å². The molecule has 0 unspecified atom stereocenters. The molecular formula is C15H20O2. The fourth-order valence-electron chi connectivity index (χ4n) is 1.67. The molecular weight excluding hydrogens is 212 g/mol. The van der Waals surface area contributed by atoms with Crippen LogP contribution in [-0.2, 0) is 4.79 Å². The summed E-state index contributed by atoms with van der Waals surface area (Å²) in [5.74, 6) is -0.406. The lowest BCUT2D eigenvalue weighted by Crippen LogP contribution is -2.25. The minimum Gasteiger partial charge on any atom is -0.384 e. The van der Waals surface area contributed by atoms with Gasteiger partial charge in [-0.3, -0.25) is 4.79 Å². The number of aryl methyl sites for hydroxylation is 1. The van der Waals surface area contributed by atoms with Gasteiger partial charge in [-0.05, 0) is 32.4 Å². The number of ketones is 1. The number of rotatable bonds is 4. The maximum atomic E-state index is 11.7. The van der Waals surface area contributed by atoms with Gasteiger partial charge in [-0.2, -0.15) is 0 Å². The van der Waals surface area contributed by atoms with Crippen molar-refractivity contribution in [3.63, 3.8) is 0 Å². The number of hydrogen-bond acceptors (Lipinski definition) is 2. The maximum absolute atomic E-state index is 11.7. The summed E-state index contributed by atoms with van der Waals surface area (Å²) < 4.78 is 0. The van der Waals surface area contributed by atoms with Gasteiger partial charge in [0.25, 0.3) is 0 Å². The smallest absolute Gasteiger partial charge is 0.184 e. The Kier molecular flexibility index (Phi) is 4.64. The third kappa shape index (κ3) is 3.82. The van der Waals surface area contributed by atoms with Gasteiger partial charge in [-0.25, -0.2) is 0 Å². The van der Waals surface area contributed by atoms with Gasteiger partial charge in [-0.1, -0.05) is 42.3 Å². The summed E-state index contributed by atoms with van der Waals surface area (Å²) in [6.07, 6.45) is 0.530. The Morgan fingerprint density at radius 3 is 2.24 bits per heavy atom. The van der Waals surface area contributed by atoms with Gasteiger partial charge in [0, 0.05) is 5.92 Å². The van der Waals surface area contributed by atoms with Crippen molar-refractivity contribution in [2.75, 3.05) is 0 Å². The predicted molar refractivity (Wildman–Crippen MR) is 70.0 cm³/mol. The SMILES string of the molecule is CC(C)=CC(=O)[C@H](O)[C@H](C)c1ccc(C)cc1. The fourth-order valence-corrected chi connectivity index (χ4v) is 1.67. The summed E-state index contributed by atoms with van der Waals surface area (Å²) in [4.78, 5) is 11.7. The van der Waals surface area contributed by atoms with Gasteiger partial charge in [-0.15, -0.1) is 0 Å². The van der Waals surface area contributed by atoms with Crippen molar-refractivity contribution in [3.8, 4) is 0 Å². The molecule has 1 aromatic carbocycles. The minimum absolute atomic E-state index is 0.182. The highest BCUT2D eigenvalue weighted by Crippen LogP contribution is 2.20. The van der Waals surface area contributed by atoms with E-state index in [2.05, 4.69) is 0 Å². The van der Waals surface area contributed by atoms with Crippen LogP contribution < -0.4 is 0 Å². The highest BCUT2D eigenvalue weighted by Gasteiger charge is 2.21. The van der Waals surface area contributed by atoms with Crippen LogP contribution in [0, 0.1) is 6.92 Å². The molecule has 2 atom stereocenters. The van der Waals surface area contributed by atoms with Crippen molar-refractivity contribution >= 4 is 5.78 Å². The molecule has 0 saturated carbocycles. The molecule has 0 aliphatic heterocycles. The topological polar surface area (TPSA) is 37.3 Å². The monoisotopic (exact) mass is 232 g/mol. The molecule has 0 aliphatic rings. The highest BCUT2D eigenvalue weighted by molar-refractivity contribution is 5.94. The van der Waals surface area contributed by atoms with Gasteiger partial charge in [0.15, 0.2) is 5.78 Å². The molecule has 0 radical (unpaired) electrons. The molecule has 0 amide bonds. The standard InChI is InChI=1S/C15H20O2/c1-10(2)9-14(16)15(17)12(4)13-7-5-11(3)6-8-13/h5-9,12,15,17H,1-4H3/t12-,15-/m1/s1. The first-order valence-electron chi connectivity index (χ1n) is 5.85. The molecule has 92 valence electrons. The molecule has 17 heavy (non-hydrogen) atoms. The second-order valence-corrected chi connectivity index (χ2v) is 4.77. The molecule has 0 aliphatic carbocycles. The Labute approximate surface area is 103 Å². The van der Waals surface area contributed by atoms with Gasteiger partial charge < -0.3 is 5.11 Å². The summed E-state index contributed by atoms with van der Waals surface area (Å²) >= 11 is 0. The maximum Gasteiger partial charge on any atom is 0.184 e. The van der Waals surface area contributed by atoms with E-state index in [-0.39, 0.29) is 11.7 Å². The lowest BCUT2D eigenvalue weighted by Gasteiger charge is -2.17. The average molecular weight is 232 g/mol. The molecule has 1 aromatic rings. The van der Waals surface area contributed by atoms with Gasteiger partial charge >= 0.3 is 0 Å². The van der Waals surface area contributed by atoms with E-state index in [9.17, 15) is 9.90 Å². The van der Waals surface area contributed by atoms with Crippen molar-refractivity contribution in [3.05, 3.63) is 47.0 Å². The van der Waals surface area contributed by atoms with E-state index in [0.29, 0.717) is 0 Å². The fraction of sp³-hybridized carbons (Fsp3) is 0.400. The quantitative estimate of drug-likeness (QED) is 0.810. The van der Waals surface area contributed by atoms with Crippen LogP contribution in [0.25, 0.3) is 0 Å². The van der Waals surface area contributed by atoms with Crippen molar-refractivity contribution in [1.82, 2.24) is 0 Å². The van der Waals surface area contributed by atoms with Crippen molar-refractivity contribution < 1.29 is 9.90 Å². The first kappa shape index (κ1) is 13.7. The van der Waals surface area contributed by atoms with Crippen LogP contribution in [0.1, 0.15) is 37.8 Å². The van der Waals surface area contributed by atoms with E-state index in [1.165, 1.54) is 11.6 Å². The second-order valence-electron chi connectivity index (χ2n) is 4.77. The van der Waals surface area contributed by atoms with Crippen LogP contribution >= 0.6 is 0 Å². The van der Waals surface area contributed by atoms with E-state index in [0.717, 1.165) is 11.1 Å². The Bertz CT molecular complexity index is 411. The zero-order valence-corrected chi connectivity index (χ0v) is 10.9. The lowest BCUT2D eigenvalue weighted by molar-refractivity contribution is -0.123. The molecule has 0 spiro atoms. The van der Waals surface area contributed by atoms with Gasteiger partial charge in [0.05, 0.1) is 0 Å². The zero-order chi connectivity index (χ0) is 13.0. The number of aliphatic hydroxyl groups excluding tert-OH is 1. The molecule has 0 bridgehead atoms. The summed E-state index contributed by atoms with van der Waals surface area (Å²) in [6, 6.07) is 7.89. The molecule has 2 nitrogen and oxygen atoms in total. The van der Waals surface area contributed by atoms with E-state index >= 15 is 0 Å². The van der Waals surface area contributed by atoms with E-state index in [1.54, 1.807) is 0 Å². The molecule has 1 N–H and O–H groups in total. The number of aliphatic hydroxyl groups is 1. The van der Waals surface area contributed by atoms with Crippen LogP contribution in [0.15, 0.2) is 35.9 Å². The minimum atomic E-state index is -0.965. The first-order chi connectivity index (χ1) is 7.91. The number of carbonyl (C=O) groups excluding carboxylic acids is 1. The molecule has 0 aromatic heterocycles. The van der Waals surface area contributed by atoms with Crippen LogP contribution in [-0.4, -0.2) is 17.0 Å². The Hall–Kier alpha value is -1.41. The second kappa shape index (κ2) is 5.78. The largest absolute Gasteiger partial charge is 0.384 e. The van der Waals surface area contributed by atoms with Crippen LogP contribution in [0.5, 0.6) is 0 Å². The van der Waals surface area contributed by atoms with Gasteiger partial charge in [0.1, 0.15) is 6.10 Å². The van der Waals surface area contributed by atoms with Crippen molar-refractivity contribution in [2.24, 2.45) is 0 Å². The number of benzene rings is 1. The number of allylic oxidation sites excluding steroid dienone is 1. The van der Waals surface area contributed by atoms with Crippen molar-refractivity contribution in [1.29, 1.82) is 0 Å². The summed E-state index contributed by atoms with van der Waals surface area (Å²) in [7, 11) is 0. The van der Waals surface area contributed by atoms with E-state index in [4.69, 9.17) is 0 Å². The number of carbonyl (C=O) groups is 1. The third-order valence-corrected chi connectivity index (χ3v) is 2.80. The molecule has 0 fully saturated rings. The summed E-state index contributed by atoms with van der Waals surface area (Å²) in [5, 5.41) is 9.96. The van der Waals surface area contributed by atoms with Crippen LogP contribution in [0.4, 0.5) is 0 Å².